The predicted molar refractivity (Wildman–Crippen MR) is 65.6 cm³/mol. The Kier molecular flexibility index (Phi) is 3.39. The Hall–Kier alpha value is 0.340. The Labute approximate surface area is 113 Å². The highest BCUT2D eigenvalue weighted by molar-refractivity contribution is 9.24. The summed E-state index contributed by atoms with van der Waals surface area (Å²) < 4.78 is 34.4. The highest BCUT2D eigenvalue weighted by Crippen LogP contribution is 2.39. The van der Waals surface area contributed by atoms with Crippen molar-refractivity contribution in [3.63, 3.8) is 0 Å². The maximum atomic E-state index is 13.6. The van der Waals surface area contributed by atoms with Crippen LogP contribution < -0.4 is 0 Å². The fourth-order valence-electron chi connectivity index (χ4n) is 1.13. The molecule has 80 valence electrons. The molecule has 0 atom stereocenters. The normalized spacial score (nSPS) is 11.6. The molecule has 0 spiro atoms. The van der Waals surface area contributed by atoms with Crippen molar-refractivity contribution < 1.29 is 8.78 Å². The number of nitrogens with zero attached hydrogens (tertiary/aromatic N) is 2. The van der Waals surface area contributed by atoms with Crippen molar-refractivity contribution in [3.8, 4) is 0 Å². The van der Waals surface area contributed by atoms with Gasteiger partial charge in [-0.3, -0.25) is 0 Å². The second kappa shape index (κ2) is 4.31. The van der Waals surface area contributed by atoms with Gasteiger partial charge in [-0.1, -0.05) is 31.9 Å². The van der Waals surface area contributed by atoms with Crippen molar-refractivity contribution >= 4 is 70.6 Å². The van der Waals surface area contributed by atoms with Gasteiger partial charge in [0.2, 0.25) is 0 Å². The fraction of sp³-hybridized carbons (Fsp3) is 0.143. The van der Waals surface area contributed by atoms with Crippen LogP contribution in [0.3, 0.4) is 0 Å². The first-order valence-corrected chi connectivity index (χ1v) is 6.96. The van der Waals surface area contributed by atoms with Gasteiger partial charge >= 0.3 is 0 Å². The predicted octanol–water partition coefficient (Wildman–Crippen LogP) is 4.52. The highest BCUT2D eigenvalue weighted by Gasteiger charge is 2.24. The number of hydrogen-bond donors (Lipinski definition) is 0. The van der Waals surface area contributed by atoms with Crippen LogP contribution in [0.5, 0.6) is 0 Å². The fourth-order valence-corrected chi connectivity index (χ4v) is 3.10. The van der Waals surface area contributed by atoms with E-state index in [4.69, 9.17) is 0 Å². The molecule has 0 aliphatic heterocycles. The van der Waals surface area contributed by atoms with Gasteiger partial charge in [0, 0.05) is 5.56 Å². The third kappa shape index (κ3) is 1.85. The monoisotopic (exact) mass is 420 g/mol. The molecular weight excluding hydrogens is 422 g/mol. The van der Waals surface area contributed by atoms with Crippen LogP contribution in [-0.2, 0) is 0 Å². The number of alkyl halides is 2. The van der Waals surface area contributed by atoms with Crippen LogP contribution in [0.15, 0.2) is 4.47 Å². The maximum Gasteiger partial charge on any atom is 0.175 e. The summed E-state index contributed by atoms with van der Waals surface area (Å²) in [4.78, 5) is 0. The molecule has 0 saturated heterocycles. The standard InChI is InChI=1S/C7HBr3F2N2S/c8-2-4(12)3(11)1(7(9)10)5-6(2)14-15-13-5/h7H. The lowest BCUT2D eigenvalue weighted by molar-refractivity contribution is 0.501. The van der Waals surface area contributed by atoms with E-state index in [9.17, 15) is 8.78 Å². The van der Waals surface area contributed by atoms with E-state index in [0.29, 0.717) is 11.0 Å². The Morgan fingerprint density at radius 3 is 2.27 bits per heavy atom. The van der Waals surface area contributed by atoms with Gasteiger partial charge in [-0.15, -0.1) is 0 Å². The second-order valence-corrected chi connectivity index (χ2v) is 7.00. The van der Waals surface area contributed by atoms with Crippen LogP contribution in [0.25, 0.3) is 11.0 Å². The summed E-state index contributed by atoms with van der Waals surface area (Å²) >= 11 is 10.1. The van der Waals surface area contributed by atoms with Gasteiger partial charge in [0.25, 0.3) is 0 Å². The molecule has 0 unspecified atom stereocenters. The van der Waals surface area contributed by atoms with E-state index in [1.165, 1.54) is 0 Å². The smallest absolute Gasteiger partial charge is 0.175 e. The van der Waals surface area contributed by atoms with Gasteiger partial charge in [0.15, 0.2) is 11.6 Å². The van der Waals surface area contributed by atoms with E-state index in [1.54, 1.807) is 0 Å². The molecule has 15 heavy (non-hydrogen) atoms. The first kappa shape index (κ1) is 11.8. The zero-order valence-corrected chi connectivity index (χ0v) is 12.3. The van der Waals surface area contributed by atoms with Crippen LogP contribution >= 0.6 is 59.5 Å². The molecule has 1 aromatic carbocycles. The lowest BCUT2D eigenvalue weighted by atomic mass is 10.2. The largest absolute Gasteiger partial charge is 0.203 e. The maximum absolute atomic E-state index is 13.6. The number of aromatic nitrogens is 2. The number of benzene rings is 1. The molecule has 1 aromatic heterocycles. The van der Waals surface area contributed by atoms with Crippen LogP contribution in [0.4, 0.5) is 8.78 Å². The molecule has 0 bridgehead atoms. The number of fused-ring (bicyclic) bond motifs is 1. The van der Waals surface area contributed by atoms with Crippen LogP contribution in [0.2, 0.25) is 0 Å². The molecular formula is C7HBr3F2N2S. The SMILES string of the molecule is Fc1c(F)c(C(Br)Br)c2nsnc2c1Br. The second-order valence-electron chi connectivity index (χ2n) is 2.62. The summed E-state index contributed by atoms with van der Waals surface area (Å²) in [6, 6.07) is 0. The minimum absolute atomic E-state index is 0.00755. The van der Waals surface area contributed by atoms with Gasteiger partial charge in [-0.25, -0.2) is 8.78 Å². The number of rotatable bonds is 1. The van der Waals surface area contributed by atoms with Crippen molar-refractivity contribution in [1.29, 1.82) is 0 Å². The summed E-state index contributed by atoms with van der Waals surface area (Å²) in [5, 5.41) is 0. The zero-order chi connectivity index (χ0) is 11.2. The lowest BCUT2D eigenvalue weighted by Gasteiger charge is -2.07. The van der Waals surface area contributed by atoms with Gasteiger partial charge in [0.1, 0.15) is 11.0 Å². The molecule has 2 aromatic rings. The molecule has 0 N–H and O–H groups in total. The molecule has 0 fully saturated rings. The van der Waals surface area contributed by atoms with E-state index in [2.05, 4.69) is 56.5 Å². The summed E-state index contributed by atoms with van der Waals surface area (Å²) in [6.45, 7) is 0. The number of halogens is 5. The van der Waals surface area contributed by atoms with E-state index in [1.807, 2.05) is 0 Å². The van der Waals surface area contributed by atoms with Gasteiger partial charge in [-0.2, -0.15) is 8.75 Å². The van der Waals surface area contributed by atoms with Crippen molar-refractivity contribution in [1.82, 2.24) is 8.75 Å². The first-order chi connectivity index (χ1) is 7.04. The molecule has 2 rings (SSSR count). The number of hydrogen-bond acceptors (Lipinski definition) is 3. The van der Waals surface area contributed by atoms with Crippen molar-refractivity contribution in [2.75, 3.05) is 0 Å². The van der Waals surface area contributed by atoms with Crippen LogP contribution in [0, 0.1) is 11.6 Å². The Morgan fingerprint density at radius 1 is 1.07 bits per heavy atom. The van der Waals surface area contributed by atoms with E-state index in [0.717, 1.165) is 11.7 Å². The quantitative estimate of drug-likeness (QED) is 0.499. The molecule has 0 saturated carbocycles. The van der Waals surface area contributed by atoms with Crippen LogP contribution in [0.1, 0.15) is 9.30 Å². The zero-order valence-electron chi connectivity index (χ0n) is 6.77. The van der Waals surface area contributed by atoms with E-state index in [-0.39, 0.29) is 10.0 Å². The minimum Gasteiger partial charge on any atom is -0.203 e. The molecule has 0 aliphatic carbocycles. The summed E-state index contributed by atoms with van der Waals surface area (Å²) in [5.41, 5.74) is 0.807. The summed E-state index contributed by atoms with van der Waals surface area (Å²) in [5.74, 6) is -1.88. The molecule has 0 amide bonds. The Balaban J connectivity index is 2.94. The molecule has 1 heterocycles. The topological polar surface area (TPSA) is 25.8 Å². The van der Waals surface area contributed by atoms with Crippen molar-refractivity contribution in [2.45, 2.75) is 3.74 Å². The third-order valence-corrected chi connectivity index (χ3v) is 3.96. The Morgan fingerprint density at radius 2 is 1.67 bits per heavy atom. The molecule has 2 nitrogen and oxygen atoms in total. The minimum atomic E-state index is -0.950. The van der Waals surface area contributed by atoms with E-state index < -0.39 is 15.4 Å². The summed E-state index contributed by atoms with van der Waals surface area (Å²) in [6.07, 6.45) is 0. The Bertz CT molecular complexity index is 528. The summed E-state index contributed by atoms with van der Waals surface area (Å²) in [7, 11) is 0. The lowest BCUT2D eigenvalue weighted by Crippen LogP contribution is -1.97. The van der Waals surface area contributed by atoms with Crippen molar-refractivity contribution in [3.05, 3.63) is 21.7 Å². The molecule has 0 aliphatic rings. The first-order valence-electron chi connectivity index (χ1n) is 3.60. The molecule has 8 heteroatoms. The van der Waals surface area contributed by atoms with Gasteiger partial charge in [-0.05, 0) is 15.9 Å². The van der Waals surface area contributed by atoms with Gasteiger partial charge < -0.3 is 0 Å². The highest BCUT2D eigenvalue weighted by atomic mass is 79.9. The third-order valence-electron chi connectivity index (χ3n) is 1.79. The molecule has 0 radical (unpaired) electrons. The average Bonchev–Trinajstić information content (AvgIpc) is 2.62. The van der Waals surface area contributed by atoms with Gasteiger partial charge in [0.05, 0.1) is 19.9 Å². The van der Waals surface area contributed by atoms with Crippen LogP contribution in [-0.4, -0.2) is 8.75 Å². The van der Waals surface area contributed by atoms with Crippen molar-refractivity contribution in [2.24, 2.45) is 0 Å². The van der Waals surface area contributed by atoms with E-state index >= 15 is 0 Å². The average molecular weight is 423 g/mol.